The van der Waals surface area contributed by atoms with Gasteiger partial charge in [-0.2, -0.15) is 21.6 Å². The number of carbonyl (C=O) groups excluding carboxylic acids is 1. The highest BCUT2D eigenvalue weighted by Crippen LogP contribution is 2.35. The van der Waals surface area contributed by atoms with Gasteiger partial charge in [-0.1, -0.05) is 46.4 Å². The maximum absolute atomic E-state index is 15.2. The zero-order valence-electron chi connectivity index (χ0n) is 18.8. The Morgan fingerprint density at radius 3 is 2.51 bits per heavy atom. The highest BCUT2D eigenvalue weighted by Gasteiger charge is 2.46. The molecule has 2 heterocycles. The van der Waals surface area contributed by atoms with Crippen molar-refractivity contribution in [1.29, 1.82) is 0 Å². The van der Waals surface area contributed by atoms with Crippen molar-refractivity contribution in [2.45, 2.75) is 23.5 Å². The van der Waals surface area contributed by atoms with E-state index < -0.39 is 38.0 Å². The number of anilines is 2. The van der Waals surface area contributed by atoms with Crippen LogP contribution in [0.5, 0.6) is 0 Å². The molecule has 0 bridgehead atoms. The van der Waals surface area contributed by atoms with Crippen LogP contribution < -0.4 is 9.79 Å². The van der Waals surface area contributed by atoms with Crippen LogP contribution in [0.3, 0.4) is 0 Å². The molecule has 0 unspecified atom stereocenters. The van der Waals surface area contributed by atoms with Gasteiger partial charge in [0.25, 0.3) is 0 Å². The fourth-order valence-electron chi connectivity index (χ4n) is 3.48. The van der Waals surface area contributed by atoms with Crippen LogP contribution >= 0.6 is 22.9 Å². The van der Waals surface area contributed by atoms with E-state index in [1.54, 1.807) is 0 Å². The molecule has 0 aliphatic carbocycles. The number of nitrogens with zero attached hydrogens (tertiary/aromatic N) is 3. The summed E-state index contributed by atoms with van der Waals surface area (Å²) >= 11 is 6.86. The minimum atomic E-state index is -5.52. The van der Waals surface area contributed by atoms with Gasteiger partial charge in [0.05, 0.1) is 16.8 Å². The van der Waals surface area contributed by atoms with Crippen LogP contribution in [0.25, 0.3) is 0 Å². The molecule has 3 aromatic rings. The van der Waals surface area contributed by atoms with E-state index in [4.69, 9.17) is 11.6 Å². The van der Waals surface area contributed by atoms with Gasteiger partial charge in [-0.3, -0.25) is 0 Å². The van der Waals surface area contributed by atoms with Gasteiger partial charge in [0.2, 0.25) is 5.13 Å². The summed E-state index contributed by atoms with van der Waals surface area (Å²) in [6.07, 6.45) is -3.39. The lowest BCUT2D eigenvalue weighted by Gasteiger charge is -2.35. The molecular weight excluding hydrogens is 560 g/mol. The average Bonchev–Trinajstić information content (AvgIpc) is 3.34. The molecule has 0 amide bonds. The summed E-state index contributed by atoms with van der Waals surface area (Å²) in [7, 11) is -5.20. The number of aromatic nitrogens is 1. The van der Waals surface area contributed by atoms with Crippen molar-refractivity contribution in [1.82, 2.24) is 9.88 Å². The zero-order valence-corrected chi connectivity index (χ0v) is 21.2. The second-order valence-electron chi connectivity index (χ2n) is 7.95. The number of rotatable bonds is 9. The summed E-state index contributed by atoms with van der Waals surface area (Å²) in [4.78, 5) is 20.2. The third kappa shape index (κ3) is 6.14. The summed E-state index contributed by atoms with van der Waals surface area (Å²) in [6, 6.07) is 10.5. The molecule has 15 heteroatoms. The van der Waals surface area contributed by atoms with E-state index in [2.05, 4.69) is 20.0 Å². The fourth-order valence-corrected chi connectivity index (χ4v) is 5.84. The minimum Gasteiger partial charge on any atom is -0.376 e. The molecule has 1 atom stereocenters. The van der Waals surface area contributed by atoms with Crippen molar-refractivity contribution in [2.75, 3.05) is 29.4 Å². The van der Waals surface area contributed by atoms with Crippen LogP contribution in [-0.4, -0.2) is 50.1 Å². The molecule has 198 valence electrons. The van der Waals surface area contributed by atoms with Gasteiger partial charge in [0.1, 0.15) is 10.7 Å². The van der Waals surface area contributed by atoms with Crippen molar-refractivity contribution in [3.8, 4) is 0 Å². The number of carbonyl (C=O) groups is 1. The molecule has 37 heavy (non-hydrogen) atoms. The van der Waals surface area contributed by atoms with Crippen LogP contribution in [0.4, 0.5) is 28.4 Å². The lowest BCUT2D eigenvalue weighted by molar-refractivity contribution is -0.199. The van der Waals surface area contributed by atoms with Gasteiger partial charge in [-0.05, 0) is 37.2 Å². The Morgan fingerprint density at radius 2 is 1.95 bits per heavy atom. The number of alkyl halides is 3. The third-order valence-electron chi connectivity index (χ3n) is 5.41. The lowest BCUT2D eigenvalue weighted by atomic mass is 10.0. The molecule has 8 nitrogen and oxygen atoms in total. The van der Waals surface area contributed by atoms with Gasteiger partial charge in [0.15, 0.2) is 0 Å². The number of nitrogens with one attached hydrogen (secondary N) is 1. The molecule has 1 fully saturated rings. The molecule has 1 N–H and O–H groups in total. The van der Waals surface area contributed by atoms with Crippen molar-refractivity contribution in [3.05, 3.63) is 70.4 Å². The molecule has 1 saturated heterocycles. The average molecular weight is 579 g/mol. The molecular formula is C22H19ClF4N4O4S2. The van der Waals surface area contributed by atoms with Crippen molar-refractivity contribution < 1.29 is 35.6 Å². The van der Waals surface area contributed by atoms with Gasteiger partial charge >= 0.3 is 22.2 Å². The molecule has 0 spiro atoms. The minimum absolute atomic E-state index is 0.0700. The Bertz CT molecular complexity index is 1360. The molecule has 1 aliphatic rings. The maximum Gasteiger partial charge on any atom is 0.493 e. The van der Waals surface area contributed by atoms with Crippen LogP contribution in [0.2, 0.25) is 5.02 Å². The number of sulfonamides is 1. The number of likely N-dealkylation sites (tertiary alicyclic amines) is 1. The number of hydrogen-bond acceptors (Lipinski definition) is 8. The topological polar surface area (TPSA) is 91.8 Å². The summed E-state index contributed by atoms with van der Waals surface area (Å²) in [5.41, 5.74) is 0.956. The van der Waals surface area contributed by atoms with Crippen LogP contribution in [-0.2, 0) is 19.7 Å². The normalized spacial score (nSPS) is 15.1. The van der Waals surface area contributed by atoms with E-state index >= 15 is 4.39 Å². The summed E-state index contributed by atoms with van der Waals surface area (Å²) < 4.78 is 79.5. The molecule has 1 aliphatic heterocycles. The first kappa shape index (κ1) is 27.1. The van der Waals surface area contributed by atoms with E-state index in [1.165, 1.54) is 5.38 Å². The number of thiazole rings is 1. The zero-order chi connectivity index (χ0) is 26.8. The Hall–Kier alpha value is -2.94. The smallest absolute Gasteiger partial charge is 0.376 e. The monoisotopic (exact) mass is 578 g/mol. The summed E-state index contributed by atoms with van der Waals surface area (Å²) in [5, 5.41) is 3.50. The predicted octanol–water partition coefficient (Wildman–Crippen LogP) is 5.01. The standard InChI is InChI=1S/C22H19ClF4N4O4S2/c23-15-11-19(37(33,34)31(21-28-7-10-36-21)35-20(32)22(25,26)27)16(24)12-17(15)29-18(13-30-8-4-9-30)14-5-2-1-3-6-14/h1-3,5-7,10-12,18,29H,4,8-9,13H2/t18-/m0/s1. The second-order valence-corrected chi connectivity index (χ2v) is 10.9. The second kappa shape index (κ2) is 10.8. The molecule has 2 aromatic carbocycles. The Labute approximate surface area is 218 Å². The van der Waals surface area contributed by atoms with E-state index in [0.29, 0.717) is 17.9 Å². The molecule has 0 saturated carbocycles. The highest BCUT2D eigenvalue weighted by molar-refractivity contribution is 7.92. The van der Waals surface area contributed by atoms with Gasteiger partial charge in [-0.25, -0.2) is 14.2 Å². The Balaban J connectivity index is 1.66. The van der Waals surface area contributed by atoms with Gasteiger partial charge in [-0.15, -0.1) is 11.3 Å². The largest absolute Gasteiger partial charge is 0.493 e. The van der Waals surface area contributed by atoms with Crippen LogP contribution in [0, 0.1) is 5.82 Å². The van der Waals surface area contributed by atoms with E-state index in [9.17, 15) is 26.4 Å². The van der Waals surface area contributed by atoms with Crippen LogP contribution in [0.15, 0.2) is 58.9 Å². The first-order valence-corrected chi connectivity index (χ1v) is 13.4. The van der Waals surface area contributed by atoms with Crippen molar-refractivity contribution >= 4 is 49.7 Å². The Kier molecular flexibility index (Phi) is 7.92. The van der Waals surface area contributed by atoms with E-state index in [0.717, 1.165) is 43.4 Å². The van der Waals surface area contributed by atoms with Crippen molar-refractivity contribution in [2.24, 2.45) is 0 Å². The van der Waals surface area contributed by atoms with E-state index in [1.807, 2.05) is 30.3 Å². The van der Waals surface area contributed by atoms with Gasteiger partial charge in [0, 0.05) is 18.1 Å². The predicted molar refractivity (Wildman–Crippen MR) is 129 cm³/mol. The first-order valence-electron chi connectivity index (χ1n) is 10.7. The van der Waals surface area contributed by atoms with Crippen LogP contribution in [0.1, 0.15) is 18.0 Å². The molecule has 1 aromatic heterocycles. The highest BCUT2D eigenvalue weighted by atomic mass is 35.5. The SMILES string of the molecule is O=C(ON(c1nccs1)S(=O)(=O)c1cc(Cl)c(N[C@@H](CN2CCC2)c2ccccc2)cc1F)C(F)(F)F. The number of halogens is 5. The summed E-state index contributed by atoms with van der Waals surface area (Å²) in [5.74, 6) is -4.15. The molecule has 4 rings (SSSR count). The number of benzene rings is 2. The fraction of sp³-hybridized carbons (Fsp3) is 0.273. The van der Waals surface area contributed by atoms with Gasteiger partial charge < -0.3 is 15.1 Å². The summed E-state index contributed by atoms with van der Waals surface area (Å²) in [6.45, 7) is 2.37. The van der Waals surface area contributed by atoms with Crippen molar-refractivity contribution in [3.63, 3.8) is 0 Å². The number of hydrogen-bond donors (Lipinski definition) is 1. The lowest BCUT2D eigenvalue weighted by Crippen LogP contribution is -2.41. The maximum atomic E-state index is 15.2. The quantitative estimate of drug-likeness (QED) is 0.282. The third-order valence-corrected chi connectivity index (χ3v) is 8.13. The molecule has 0 radical (unpaired) electrons. The first-order chi connectivity index (χ1) is 17.5. The van der Waals surface area contributed by atoms with E-state index in [-0.39, 0.29) is 21.2 Å². The Morgan fingerprint density at radius 1 is 1.24 bits per heavy atom.